The number of pyridine rings is 1. The maximum atomic E-state index is 5.32. The summed E-state index contributed by atoms with van der Waals surface area (Å²) < 4.78 is 7.17. The van der Waals surface area contributed by atoms with Gasteiger partial charge in [-0.2, -0.15) is 5.10 Å². The highest BCUT2D eigenvalue weighted by Crippen LogP contribution is 2.39. The average Bonchev–Trinajstić information content (AvgIpc) is 3.58. The number of benzene rings is 1. The molecule has 1 aliphatic rings. The third-order valence-corrected chi connectivity index (χ3v) is 7.16. The van der Waals surface area contributed by atoms with Gasteiger partial charge in [0.05, 0.1) is 12.2 Å². The third kappa shape index (κ3) is 3.68. The van der Waals surface area contributed by atoms with Crippen LogP contribution in [0.15, 0.2) is 47.6 Å². The Morgan fingerprint density at radius 1 is 1.18 bits per heavy atom. The van der Waals surface area contributed by atoms with Crippen molar-refractivity contribution in [3.8, 4) is 11.3 Å². The summed E-state index contributed by atoms with van der Waals surface area (Å²) in [5.74, 6) is 1.65. The number of aromatic nitrogens is 6. The van der Waals surface area contributed by atoms with Gasteiger partial charge in [0.2, 0.25) is 12.3 Å². The van der Waals surface area contributed by atoms with E-state index in [9.17, 15) is 0 Å². The first-order chi connectivity index (χ1) is 16.6. The zero-order valence-electron chi connectivity index (χ0n) is 19.8. The van der Waals surface area contributed by atoms with E-state index in [0.29, 0.717) is 17.7 Å². The molecular weight excluding hydrogens is 426 g/mol. The van der Waals surface area contributed by atoms with E-state index in [4.69, 9.17) is 4.42 Å². The summed E-state index contributed by atoms with van der Waals surface area (Å²) in [5, 5.41) is 13.5. The zero-order valence-corrected chi connectivity index (χ0v) is 19.8. The summed E-state index contributed by atoms with van der Waals surface area (Å²) in [6.45, 7) is 9.51. The van der Waals surface area contributed by atoms with Crippen LogP contribution >= 0.6 is 0 Å². The van der Waals surface area contributed by atoms with Crippen LogP contribution in [0, 0.1) is 6.92 Å². The van der Waals surface area contributed by atoms with Gasteiger partial charge in [0.15, 0.2) is 5.65 Å². The molecule has 6 rings (SSSR count). The predicted molar refractivity (Wildman–Crippen MR) is 131 cm³/mol. The van der Waals surface area contributed by atoms with Crippen LogP contribution < -0.4 is 0 Å². The Kier molecular flexibility index (Phi) is 5.17. The number of piperidine rings is 1. The molecule has 8 heteroatoms. The minimum Gasteiger partial charge on any atom is -0.427 e. The number of rotatable bonds is 5. The van der Waals surface area contributed by atoms with Gasteiger partial charge in [-0.15, -0.1) is 10.2 Å². The third-order valence-electron chi connectivity index (χ3n) is 7.16. The molecule has 1 aromatic carbocycles. The monoisotopic (exact) mass is 455 g/mol. The maximum absolute atomic E-state index is 5.32. The number of hydrogen-bond acceptors (Lipinski definition) is 6. The van der Waals surface area contributed by atoms with Gasteiger partial charge in [-0.25, -0.2) is 9.50 Å². The minimum atomic E-state index is 0.390. The van der Waals surface area contributed by atoms with Crippen molar-refractivity contribution < 1.29 is 4.42 Å². The van der Waals surface area contributed by atoms with Gasteiger partial charge < -0.3 is 9.40 Å². The normalized spacial score (nSPS) is 15.8. The van der Waals surface area contributed by atoms with Crippen molar-refractivity contribution in [1.29, 1.82) is 0 Å². The van der Waals surface area contributed by atoms with Crippen LogP contribution in [0.25, 0.3) is 27.8 Å². The first-order valence-electron chi connectivity index (χ1n) is 12.0. The topological polar surface area (TPSA) is 88.1 Å². The SMILES string of the molecule is Cc1cc2ncnn2cc1-c1[nH]c2ccc(C3CCN(Cc4nnco4)CC3)cc2c1C(C)C. The van der Waals surface area contributed by atoms with E-state index in [1.807, 2.05) is 4.52 Å². The van der Waals surface area contributed by atoms with Crippen molar-refractivity contribution in [2.24, 2.45) is 0 Å². The van der Waals surface area contributed by atoms with Crippen molar-refractivity contribution in [2.75, 3.05) is 13.1 Å². The molecule has 1 fully saturated rings. The van der Waals surface area contributed by atoms with E-state index in [1.54, 1.807) is 6.33 Å². The summed E-state index contributed by atoms with van der Waals surface area (Å²) in [7, 11) is 0. The maximum Gasteiger partial charge on any atom is 0.230 e. The fourth-order valence-electron chi connectivity index (χ4n) is 5.40. The van der Waals surface area contributed by atoms with Gasteiger partial charge in [0.25, 0.3) is 0 Å². The molecule has 0 saturated carbocycles. The minimum absolute atomic E-state index is 0.390. The molecule has 1 saturated heterocycles. The number of hydrogen-bond donors (Lipinski definition) is 1. The van der Waals surface area contributed by atoms with Crippen LogP contribution in [-0.2, 0) is 6.54 Å². The molecule has 0 amide bonds. The second-order valence-electron chi connectivity index (χ2n) is 9.69. The molecule has 8 nitrogen and oxygen atoms in total. The summed E-state index contributed by atoms with van der Waals surface area (Å²) >= 11 is 0. The Labute approximate surface area is 198 Å². The smallest absolute Gasteiger partial charge is 0.230 e. The molecule has 174 valence electrons. The Balaban J connectivity index is 1.32. The number of fused-ring (bicyclic) bond motifs is 2. The number of likely N-dealkylation sites (tertiary alicyclic amines) is 1. The molecule has 5 heterocycles. The summed E-state index contributed by atoms with van der Waals surface area (Å²) in [4.78, 5) is 10.5. The van der Waals surface area contributed by atoms with Crippen LogP contribution in [0.2, 0.25) is 0 Å². The van der Waals surface area contributed by atoms with Crippen LogP contribution in [0.4, 0.5) is 0 Å². The zero-order chi connectivity index (χ0) is 23.2. The Hall–Kier alpha value is -3.52. The average molecular weight is 456 g/mol. The molecule has 0 radical (unpaired) electrons. The summed E-state index contributed by atoms with van der Waals surface area (Å²) in [6.07, 6.45) is 7.37. The molecule has 1 N–H and O–H groups in total. The van der Waals surface area contributed by atoms with Crippen LogP contribution in [0.3, 0.4) is 0 Å². The first-order valence-corrected chi connectivity index (χ1v) is 12.0. The van der Waals surface area contributed by atoms with Gasteiger partial charge in [0, 0.05) is 22.7 Å². The Morgan fingerprint density at radius 2 is 2.03 bits per heavy atom. The highest BCUT2D eigenvalue weighted by atomic mass is 16.4. The summed E-state index contributed by atoms with van der Waals surface area (Å²) in [5.41, 5.74) is 8.42. The van der Waals surface area contributed by atoms with Crippen molar-refractivity contribution >= 4 is 16.6 Å². The van der Waals surface area contributed by atoms with Crippen molar-refractivity contribution in [3.05, 3.63) is 65.8 Å². The van der Waals surface area contributed by atoms with Gasteiger partial charge >= 0.3 is 0 Å². The molecule has 34 heavy (non-hydrogen) atoms. The van der Waals surface area contributed by atoms with Gasteiger partial charge in [0.1, 0.15) is 6.33 Å². The van der Waals surface area contributed by atoms with E-state index in [1.165, 1.54) is 45.2 Å². The fraction of sp³-hybridized carbons (Fsp3) is 0.385. The molecule has 0 spiro atoms. The number of aromatic amines is 1. The molecule has 5 aromatic rings. The molecule has 4 aromatic heterocycles. The number of aryl methyl sites for hydroxylation is 1. The van der Waals surface area contributed by atoms with Crippen molar-refractivity contribution in [2.45, 2.75) is 52.0 Å². The van der Waals surface area contributed by atoms with E-state index in [-0.39, 0.29) is 0 Å². The molecule has 0 atom stereocenters. The second kappa shape index (κ2) is 8.36. The Morgan fingerprint density at radius 3 is 2.79 bits per heavy atom. The second-order valence-corrected chi connectivity index (χ2v) is 9.69. The van der Waals surface area contributed by atoms with Gasteiger partial charge in [-0.3, -0.25) is 4.90 Å². The number of nitrogens with zero attached hydrogens (tertiary/aromatic N) is 6. The lowest BCUT2D eigenvalue weighted by molar-refractivity contribution is 0.187. The number of nitrogens with one attached hydrogen (secondary N) is 1. The van der Waals surface area contributed by atoms with Gasteiger partial charge in [-0.05, 0) is 79.6 Å². The Bertz CT molecular complexity index is 1440. The van der Waals surface area contributed by atoms with E-state index in [0.717, 1.165) is 38.1 Å². The van der Waals surface area contributed by atoms with Crippen LogP contribution in [-0.4, -0.2) is 47.8 Å². The van der Waals surface area contributed by atoms with Gasteiger partial charge in [-0.1, -0.05) is 19.9 Å². The quantitative estimate of drug-likeness (QED) is 0.398. The lowest BCUT2D eigenvalue weighted by Crippen LogP contribution is -2.32. The van der Waals surface area contributed by atoms with E-state index < -0.39 is 0 Å². The standard InChI is InChI=1S/C26H29N7O/c1-16(2)25-20-11-19(18-6-8-32(9-7-18)13-24-31-28-15-34-24)4-5-22(20)30-26(25)21-12-33-23(10-17(21)3)27-14-29-33/h4-5,10-12,14-16,18,30H,6-9,13H2,1-3H3. The fourth-order valence-corrected chi connectivity index (χ4v) is 5.40. The molecule has 0 unspecified atom stereocenters. The van der Waals surface area contributed by atoms with E-state index in [2.05, 4.69) is 81.4 Å². The highest BCUT2D eigenvalue weighted by Gasteiger charge is 2.24. The predicted octanol–water partition coefficient (Wildman–Crippen LogP) is 5.07. The molecule has 0 bridgehead atoms. The molecule has 0 aliphatic carbocycles. The largest absolute Gasteiger partial charge is 0.427 e. The lowest BCUT2D eigenvalue weighted by Gasteiger charge is -2.31. The van der Waals surface area contributed by atoms with Crippen molar-refractivity contribution in [3.63, 3.8) is 0 Å². The highest BCUT2D eigenvalue weighted by molar-refractivity contribution is 5.92. The first kappa shape index (κ1) is 21.0. The van der Waals surface area contributed by atoms with Crippen LogP contribution in [0.5, 0.6) is 0 Å². The lowest BCUT2D eigenvalue weighted by atomic mass is 9.87. The van der Waals surface area contributed by atoms with Crippen LogP contribution in [0.1, 0.15) is 61.1 Å². The summed E-state index contributed by atoms with van der Waals surface area (Å²) in [6, 6.07) is 9.09. The molecular formula is C26H29N7O. The molecule has 1 aliphatic heterocycles. The van der Waals surface area contributed by atoms with E-state index >= 15 is 0 Å². The van der Waals surface area contributed by atoms with Crippen molar-refractivity contribution in [1.82, 2.24) is 34.7 Å². The number of H-pyrrole nitrogens is 1.